The number of amides is 1. The van der Waals surface area contributed by atoms with Crippen LogP contribution in [0, 0.1) is 0 Å². The summed E-state index contributed by atoms with van der Waals surface area (Å²) in [6.07, 6.45) is 0.914. The van der Waals surface area contributed by atoms with E-state index in [1.165, 1.54) is 4.90 Å². The Balaban J connectivity index is 1.94. The molecule has 1 N–H and O–H groups in total. The van der Waals surface area contributed by atoms with Crippen molar-refractivity contribution in [3.05, 3.63) is 71.0 Å². The number of Topliss-reactive ketones (excluding diaryl/α,β-unsaturated/α-hetero) is 1. The molecule has 6 heteroatoms. The van der Waals surface area contributed by atoms with E-state index < -0.39 is 17.7 Å². The van der Waals surface area contributed by atoms with Crippen LogP contribution in [0.5, 0.6) is 11.5 Å². The van der Waals surface area contributed by atoms with Gasteiger partial charge in [0.15, 0.2) is 23.0 Å². The Hall–Kier alpha value is -3.28. The van der Waals surface area contributed by atoms with E-state index in [9.17, 15) is 14.7 Å². The van der Waals surface area contributed by atoms with Crippen LogP contribution in [0.4, 0.5) is 0 Å². The van der Waals surface area contributed by atoms with Gasteiger partial charge in [0.1, 0.15) is 6.61 Å². The van der Waals surface area contributed by atoms with Gasteiger partial charge in [-0.2, -0.15) is 0 Å². The zero-order valence-electron chi connectivity index (χ0n) is 17.6. The van der Waals surface area contributed by atoms with E-state index >= 15 is 0 Å². The van der Waals surface area contributed by atoms with E-state index in [1.54, 1.807) is 26.2 Å². The summed E-state index contributed by atoms with van der Waals surface area (Å²) in [5.74, 6) is -0.145. The van der Waals surface area contributed by atoms with Crippen molar-refractivity contribution in [2.75, 3.05) is 13.7 Å². The molecule has 0 bridgehead atoms. The Morgan fingerprint density at radius 2 is 1.83 bits per heavy atom. The van der Waals surface area contributed by atoms with Crippen LogP contribution in [-0.4, -0.2) is 35.4 Å². The van der Waals surface area contributed by atoms with E-state index in [4.69, 9.17) is 9.47 Å². The molecule has 2 aromatic carbocycles. The third-order valence-corrected chi connectivity index (χ3v) is 5.13. The van der Waals surface area contributed by atoms with Crippen LogP contribution in [0.3, 0.4) is 0 Å². The van der Waals surface area contributed by atoms with Gasteiger partial charge in [-0.1, -0.05) is 50.2 Å². The molecule has 0 aliphatic carbocycles. The van der Waals surface area contributed by atoms with Crippen molar-refractivity contribution in [3.8, 4) is 11.5 Å². The molecule has 3 rings (SSSR count). The van der Waals surface area contributed by atoms with E-state index in [0.29, 0.717) is 36.6 Å². The van der Waals surface area contributed by atoms with Gasteiger partial charge in [0.2, 0.25) is 0 Å². The Bertz CT molecular complexity index is 951. The molecule has 0 aromatic heterocycles. The highest BCUT2D eigenvalue weighted by Gasteiger charge is 2.42. The number of carbonyl (C=O) groups excluding carboxylic acids is 2. The summed E-state index contributed by atoms with van der Waals surface area (Å²) in [6, 6.07) is 14.5. The van der Waals surface area contributed by atoms with Crippen molar-refractivity contribution >= 4 is 11.7 Å². The molecule has 0 saturated carbocycles. The summed E-state index contributed by atoms with van der Waals surface area (Å²) in [5, 5.41) is 10.4. The van der Waals surface area contributed by atoms with Crippen molar-refractivity contribution in [3.63, 3.8) is 0 Å². The van der Waals surface area contributed by atoms with Gasteiger partial charge in [0.05, 0.1) is 18.7 Å². The largest absolute Gasteiger partial charge is 0.503 e. The molecule has 1 unspecified atom stereocenters. The number of rotatable bonds is 9. The van der Waals surface area contributed by atoms with E-state index in [0.717, 1.165) is 5.56 Å². The van der Waals surface area contributed by atoms with Crippen molar-refractivity contribution in [2.24, 2.45) is 0 Å². The van der Waals surface area contributed by atoms with E-state index in [1.807, 2.05) is 43.3 Å². The summed E-state index contributed by atoms with van der Waals surface area (Å²) in [4.78, 5) is 26.7. The molecule has 1 aliphatic heterocycles. The molecule has 0 spiro atoms. The Morgan fingerprint density at radius 1 is 1.10 bits per heavy atom. The number of aliphatic hydroxyl groups excluding tert-OH is 1. The molecule has 1 amide bonds. The maximum atomic E-state index is 12.6. The minimum absolute atomic E-state index is 0.149. The molecular weight excluding hydrogens is 382 g/mol. The van der Waals surface area contributed by atoms with Crippen LogP contribution in [-0.2, 0) is 16.2 Å². The smallest absolute Gasteiger partial charge is 0.290 e. The molecule has 6 nitrogen and oxygen atoms in total. The molecule has 0 radical (unpaired) electrons. The minimum Gasteiger partial charge on any atom is -0.503 e. The molecule has 30 heavy (non-hydrogen) atoms. The predicted molar refractivity (Wildman–Crippen MR) is 113 cm³/mol. The van der Waals surface area contributed by atoms with E-state index in [-0.39, 0.29) is 17.8 Å². The van der Waals surface area contributed by atoms with Crippen LogP contribution in [0.25, 0.3) is 0 Å². The lowest BCUT2D eigenvalue weighted by Gasteiger charge is -2.27. The second-order valence-electron chi connectivity index (χ2n) is 7.12. The Labute approximate surface area is 176 Å². The van der Waals surface area contributed by atoms with Gasteiger partial charge in [-0.3, -0.25) is 9.59 Å². The first-order chi connectivity index (χ1) is 14.5. The number of hydrogen-bond donors (Lipinski definition) is 1. The molecule has 1 atom stereocenters. The molecule has 158 valence electrons. The number of hydrogen-bond acceptors (Lipinski definition) is 5. The molecule has 0 saturated heterocycles. The summed E-state index contributed by atoms with van der Waals surface area (Å²) in [5.41, 5.74) is 1.88. The van der Waals surface area contributed by atoms with Crippen molar-refractivity contribution < 1.29 is 24.2 Å². The third-order valence-electron chi connectivity index (χ3n) is 5.13. The maximum absolute atomic E-state index is 12.6. The fourth-order valence-corrected chi connectivity index (χ4v) is 3.66. The molecule has 0 fully saturated rings. The molecule has 2 aromatic rings. The fourth-order valence-electron chi connectivity index (χ4n) is 3.66. The van der Waals surface area contributed by atoms with Gasteiger partial charge in [-0.25, -0.2) is 0 Å². The normalized spacial score (nSPS) is 16.2. The number of nitrogens with zero attached hydrogens (tertiary/aromatic N) is 1. The van der Waals surface area contributed by atoms with Crippen molar-refractivity contribution in [1.29, 1.82) is 0 Å². The standard InChI is InChI=1S/C24H27NO5/c1-4-13-25-22(21(18(26)5-2)23(27)24(25)28)17-11-12-19(20(14-17)29-3)30-15-16-9-7-6-8-10-16/h6-12,14,22,27H,4-5,13,15H2,1-3H3. The highest BCUT2D eigenvalue weighted by Crippen LogP contribution is 2.41. The van der Waals surface area contributed by atoms with Gasteiger partial charge in [-0.15, -0.1) is 0 Å². The zero-order valence-corrected chi connectivity index (χ0v) is 17.6. The third kappa shape index (κ3) is 4.17. The highest BCUT2D eigenvalue weighted by molar-refractivity contribution is 6.08. The van der Waals surface area contributed by atoms with Crippen molar-refractivity contribution in [1.82, 2.24) is 4.90 Å². The Morgan fingerprint density at radius 3 is 2.47 bits per heavy atom. The van der Waals surface area contributed by atoms with Gasteiger partial charge in [-0.05, 0) is 29.7 Å². The van der Waals surface area contributed by atoms with Crippen LogP contribution < -0.4 is 9.47 Å². The first-order valence-corrected chi connectivity index (χ1v) is 10.1. The number of ether oxygens (including phenoxy) is 2. The highest BCUT2D eigenvalue weighted by atomic mass is 16.5. The topological polar surface area (TPSA) is 76.1 Å². The number of aliphatic hydroxyl groups is 1. The monoisotopic (exact) mass is 409 g/mol. The first-order valence-electron chi connectivity index (χ1n) is 10.1. The number of methoxy groups -OCH3 is 1. The summed E-state index contributed by atoms with van der Waals surface area (Å²) in [7, 11) is 1.55. The van der Waals surface area contributed by atoms with Crippen LogP contribution >= 0.6 is 0 Å². The molecule has 1 heterocycles. The Kier molecular flexibility index (Phi) is 6.77. The van der Waals surface area contributed by atoms with Crippen LogP contribution in [0.1, 0.15) is 43.9 Å². The lowest BCUT2D eigenvalue weighted by molar-refractivity contribution is -0.129. The maximum Gasteiger partial charge on any atom is 0.290 e. The number of ketones is 1. The van der Waals surface area contributed by atoms with Gasteiger partial charge in [0, 0.05) is 13.0 Å². The summed E-state index contributed by atoms with van der Waals surface area (Å²) >= 11 is 0. The number of benzene rings is 2. The summed E-state index contributed by atoms with van der Waals surface area (Å²) < 4.78 is 11.4. The average Bonchev–Trinajstić information content (AvgIpc) is 3.03. The van der Waals surface area contributed by atoms with E-state index in [2.05, 4.69) is 0 Å². The lowest BCUT2D eigenvalue weighted by atomic mass is 9.94. The predicted octanol–water partition coefficient (Wildman–Crippen LogP) is 4.36. The quantitative estimate of drug-likeness (QED) is 0.666. The second-order valence-corrected chi connectivity index (χ2v) is 7.12. The molecule has 1 aliphatic rings. The SMILES string of the molecule is CCCN1C(=O)C(O)=C(C(=O)CC)C1c1ccc(OCc2ccccc2)c(OC)c1. The van der Waals surface area contributed by atoms with Gasteiger partial charge in [0.25, 0.3) is 5.91 Å². The van der Waals surface area contributed by atoms with Crippen LogP contribution in [0.15, 0.2) is 59.9 Å². The summed E-state index contributed by atoms with van der Waals surface area (Å²) in [6.45, 7) is 4.49. The zero-order chi connectivity index (χ0) is 21.7. The first kappa shape index (κ1) is 21.4. The average molecular weight is 409 g/mol. The van der Waals surface area contributed by atoms with Gasteiger partial charge >= 0.3 is 0 Å². The number of carbonyl (C=O) groups is 2. The fraction of sp³-hybridized carbons (Fsp3) is 0.333. The molecular formula is C24H27NO5. The minimum atomic E-state index is -0.637. The lowest BCUT2D eigenvalue weighted by Crippen LogP contribution is -2.31. The van der Waals surface area contributed by atoms with Crippen molar-refractivity contribution in [2.45, 2.75) is 39.3 Å². The second kappa shape index (κ2) is 9.48. The van der Waals surface area contributed by atoms with Gasteiger partial charge < -0.3 is 19.5 Å². The van der Waals surface area contributed by atoms with Crippen LogP contribution in [0.2, 0.25) is 0 Å².